The number of aromatic amines is 1. The van der Waals surface area contributed by atoms with Crippen LogP contribution >= 0.6 is 21.6 Å². The Balaban J connectivity index is 1.43. The molecule has 0 unspecified atom stereocenters. The number of nitrogens with one attached hydrogen (secondary N) is 14. The Morgan fingerprint density at radius 3 is 1.33 bits per heavy atom. The van der Waals surface area contributed by atoms with Crippen molar-refractivity contribution in [3.63, 3.8) is 0 Å². The molecular formula is C86H129BN20O34S2. The fraction of sp³-hybridized carbons (Fsp3) is 0.581. The molecule has 0 fully saturated rings. The van der Waals surface area contributed by atoms with E-state index in [0.717, 1.165) is 17.0 Å². The van der Waals surface area contributed by atoms with Gasteiger partial charge in [-0.05, 0) is 101 Å². The van der Waals surface area contributed by atoms with Crippen LogP contribution in [0.5, 0.6) is 0 Å². The monoisotopic (exact) mass is 2060 g/mol. The van der Waals surface area contributed by atoms with Crippen molar-refractivity contribution in [1.82, 2.24) is 93.7 Å². The normalized spacial score (nSPS) is 15.9. The molecule has 57 heteroatoms. The van der Waals surface area contributed by atoms with Crippen LogP contribution < -0.4 is 80.4 Å². The summed E-state index contributed by atoms with van der Waals surface area (Å²) in [5.41, 5.74) is 6.76. The van der Waals surface area contributed by atoms with Gasteiger partial charge in [-0.2, -0.15) is 4.98 Å². The number of aromatic nitrogens is 6. The maximum absolute atomic E-state index is 15.0. The van der Waals surface area contributed by atoms with Crippen LogP contribution in [-0.4, -0.2) is 389 Å². The highest BCUT2D eigenvalue weighted by atomic mass is 33.1. The zero-order valence-electron chi connectivity index (χ0n) is 78.4. The quantitative estimate of drug-likeness (QED) is 0.00976. The Bertz CT molecular complexity index is 5000. The van der Waals surface area contributed by atoms with Crippen molar-refractivity contribution in [3.05, 3.63) is 112 Å². The Kier molecular flexibility index (Phi) is 53.1. The second-order valence-corrected chi connectivity index (χ2v) is 36.6. The van der Waals surface area contributed by atoms with Gasteiger partial charge in [0.2, 0.25) is 65.0 Å². The molecule has 3 heterocycles. The number of anilines is 2. The Morgan fingerprint density at radius 1 is 0.434 bits per heavy atom. The number of carbonyl (C=O) groups excluding carboxylic acids is 12. The minimum atomic E-state index is -2.23. The van der Waals surface area contributed by atoms with Gasteiger partial charge in [-0.3, -0.25) is 81.9 Å². The van der Waals surface area contributed by atoms with Crippen LogP contribution in [0.3, 0.4) is 0 Å². The number of carbonyl (C=O) groups is 14. The molecule has 0 aliphatic rings. The van der Waals surface area contributed by atoms with Gasteiger partial charge in [0.25, 0.3) is 17.4 Å². The van der Waals surface area contributed by atoms with Gasteiger partial charge in [0.05, 0.1) is 80.6 Å². The van der Waals surface area contributed by atoms with Gasteiger partial charge in [0.15, 0.2) is 11.2 Å². The molecule has 0 spiro atoms. The first-order valence-electron chi connectivity index (χ1n) is 45.4. The molecule has 0 saturated carbocycles. The van der Waals surface area contributed by atoms with Crippen LogP contribution in [0.2, 0.25) is 0 Å². The number of amides is 12. The van der Waals surface area contributed by atoms with E-state index in [1.165, 1.54) is 49.2 Å². The third-order valence-corrected chi connectivity index (χ3v) is 24.2. The number of hydrogen-bond acceptors (Lipinski definition) is 41. The molecule has 2 aromatic carbocycles. The van der Waals surface area contributed by atoms with Crippen LogP contribution in [0, 0.1) is 5.92 Å². The summed E-state index contributed by atoms with van der Waals surface area (Å²) < 4.78 is 0. The molecule has 5 rings (SSSR count). The number of fused-ring (bicyclic) bond motifs is 1. The number of rotatable bonds is 67. The minimum Gasteiger partial charge on any atom is -0.481 e. The molecular weight excluding hydrogens is 1930 g/mol. The van der Waals surface area contributed by atoms with Gasteiger partial charge in [-0.25, -0.2) is 15.0 Å². The molecule has 21 atom stereocenters. The third kappa shape index (κ3) is 43.6. The number of nitrogen functional groups attached to an aromatic ring is 1. The smallest absolute Gasteiger partial charge is 0.475 e. The van der Waals surface area contributed by atoms with Crippen LogP contribution in [0.15, 0.2) is 78.0 Å². The Morgan fingerprint density at radius 2 is 0.874 bits per heavy atom. The molecule has 54 nitrogen and oxygen atoms in total. The number of nitrogens with two attached hydrogens (primary N) is 1. The number of nitrogens with zero attached hydrogens (tertiary/aromatic N) is 5. The summed E-state index contributed by atoms with van der Waals surface area (Å²) in [5.74, 6) is -17.0. The van der Waals surface area contributed by atoms with E-state index in [0.29, 0.717) is 22.6 Å². The lowest BCUT2D eigenvalue weighted by Gasteiger charge is -2.28. The first-order valence-corrected chi connectivity index (χ1v) is 47.9. The van der Waals surface area contributed by atoms with E-state index in [2.05, 4.69) is 99.0 Å². The van der Waals surface area contributed by atoms with E-state index in [1.807, 2.05) is 13.8 Å². The van der Waals surface area contributed by atoms with Crippen LogP contribution in [0.4, 0.5) is 11.6 Å². The fourth-order valence-electron chi connectivity index (χ4n) is 13.5. The molecule has 35 N–H and O–H groups in total. The number of aliphatic hydroxyl groups excluding tert-OH is 15. The van der Waals surface area contributed by atoms with E-state index in [-0.39, 0.29) is 71.6 Å². The maximum Gasteiger partial charge on any atom is 0.475 e. The standard InChI is InChI=1S/C86H129BN20O34S2/c1-41(2)27-62(87(140)141)105-83(137)54(28-44-9-6-5-7-10-44)104-84(138)55-32-90-48(31-91-55)40-143-142-39-43(4)97-78(132)51(19-24-64(118)93-34-57(112)71(126)74(129)60(115)37-109)101-82(136)53(21-26-68(123)124)103-81(135)52(20-25-65(119)94-35-58(113)72(127)75(130)61(116)38-110)102-79(133)49(11-8-12-67(121)122)100-80(134)50(18-23-63(117)92-33-56(111)70(125)73(128)59(114)36-108)99-66(120)22-13-42(3)96-77(131)45-14-16-46(17-15-45)89-29-47-30-95-76-69(98-47)85(139)107-86(88)106-76/h5-7,9-10,14-17,30-32,41-43,49-54,56-62,70-75,89,108-116,125-130,140-141H,8,11-13,18-29,33-40H2,1-4H3,(H,92,117)(H,93,118)(H,94,119)(H,96,131)(H,97,132)(H,99,120)(H,100,134)(H,101,136)(H,102,133)(H,103,135)(H,104,138)(H,105,137)(H,121,122)(H,123,124)(H3,88,95,106,107,139)/t42-,43-,49+,50+,51+,52+,53+,54+,56+,57+,58+,59-,60-,61-,62+,70-,71-,72-,73-,74-,75-/m1/s1. The highest BCUT2D eigenvalue weighted by Gasteiger charge is 2.39. The number of benzene rings is 2. The summed E-state index contributed by atoms with van der Waals surface area (Å²) in [5, 5.41) is 223. The van der Waals surface area contributed by atoms with E-state index in [1.54, 1.807) is 42.5 Å². The van der Waals surface area contributed by atoms with Crippen LogP contribution in [-0.2, 0) is 76.3 Å². The molecule has 143 heavy (non-hydrogen) atoms. The maximum atomic E-state index is 15.0. The van der Waals surface area contributed by atoms with E-state index >= 15 is 4.79 Å². The lowest BCUT2D eigenvalue weighted by molar-refractivity contribution is -0.139. The van der Waals surface area contributed by atoms with Crippen molar-refractivity contribution in [2.45, 2.75) is 264 Å². The Labute approximate surface area is 825 Å². The van der Waals surface area contributed by atoms with Crippen LogP contribution in [0.25, 0.3) is 11.2 Å². The minimum absolute atomic E-state index is 0.00403. The summed E-state index contributed by atoms with van der Waals surface area (Å²) in [7, 11) is 0.437. The summed E-state index contributed by atoms with van der Waals surface area (Å²) in [6.45, 7) is 0.941. The van der Waals surface area contributed by atoms with Crippen molar-refractivity contribution in [2.75, 3.05) is 56.3 Å². The molecule has 0 aliphatic carbocycles. The summed E-state index contributed by atoms with van der Waals surface area (Å²) in [6.07, 6.45) is -30.0. The third-order valence-electron chi connectivity index (χ3n) is 21.7. The lowest BCUT2D eigenvalue weighted by Crippen LogP contribution is -2.59. The van der Waals surface area contributed by atoms with Gasteiger partial charge in [-0.15, -0.1) is 0 Å². The van der Waals surface area contributed by atoms with Gasteiger partial charge >= 0.3 is 19.1 Å². The first kappa shape index (κ1) is 121. The lowest BCUT2D eigenvalue weighted by atomic mass is 9.75. The number of carboxylic acid groups (broad SMARTS) is 2. The van der Waals surface area contributed by atoms with E-state index in [9.17, 15) is 164 Å². The highest BCUT2D eigenvalue weighted by Crippen LogP contribution is 2.26. The molecule has 12 amide bonds. The van der Waals surface area contributed by atoms with Crippen molar-refractivity contribution in [1.29, 1.82) is 0 Å². The summed E-state index contributed by atoms with van der Waals surface area (Å²) in [6, 6.07) is 1.82. The first-order chi connectivity index (χ1) is 67.6. The SMILES string of the molecule is CC(C)C[C@H](NC(=O)[C@H](Cc1ccccc1)NC(=O)c1cnc(CSSC[C@@H](C)NC(=O)[C@H](CCC(=O)NC[C@H](O)[C@@H](O)[C@H](O)[C@H](O)CO)NC(=O)[C@H](CCC(=O)O)NC(=O)[C@H](CCC(=O)NC[C@H](O)[C@@H](O)[C@H](O)[C@H](O)CO)NC(=O)[C@H](CCCC(=O)O)NC(=O)[C@H](CCC(=O)NC[C@H](O)[C@@H](O)[C@H](O)[C@H](O)CO)NC(=O)CC[C@@H](C)NC(=O)c2ccc(NCc3cnc4nc(N)[nH]c(=O)c4n3)cc2)cn1)B(O)O. The van der Waals surface area contributed by atoms with Crippen LogP contribution in [0.1, 0.15) is 155 Å². The number of H-pyrrole nitrogens is 1. The highest BCUT2D eigenvalue weighted by molar-refractivity contribution is 8.76. The predicted octanol–water partition coefficient (Wildman–Crippen LogP) is -10.9. The molecule has 0 radical (unpaired) electrons. The van der Waals surface area contributed by atoms with Crippen molar-refractivity contribution >= 4 is 134 Å². The fourth-order valence-corrected chi connectivity index (χ4v) is 15.7. The van der Waals surface area contributed by atoms with Crippen molar-refractivity contribution in [3.8, 4) is 0 Å². The van der Waals surface area contributed by atoms with Gasteiger partial charge in [0.1, 0.15) is 96.9 Å². The number of aliphatic carboxylic acids is 2. The van der Waals surface area contributed by atoms with E-state index in [4.69, 9.17) is 5.73 Å². The average Bonchev–Trinajstić information content (AvgIpc) is 0.807. The second-order valence-electron chi connectivity index (χ2n) is 34.1. The average molecular weight is 2060 g/mol. The van der Waals surface area contributed by atoms with E-state index < -0.39 is 340 Å². The Hall–Kier alpha value is -12.0. The van der Waals surface area contributed by atoms with Gasteiger partial charge in [0, 0.05) is 99.4 Å². The zero-order chi connectivity index (χ0) is 106. The predicted molar refractivity (Wildman–Crippen MR) is 507 cm³/mol. The van der Waals surface area contributed by atoms with Crippen molar-refractivity contribution in [2.24, 2.45) is 5.92 Å². The van der Waals surface area contributed by atoms with Gasteiger partial charge in [-0.1, -0.05) is 65.8 Å². The summed E-state index contributed by atoms with van der Waals surface area (Å²) >= 11 is 0. The van der Waals surface area contributed by atoms with Crippen molar-refractivity contribution < 1.29 is 164 Å². The molecule has 0 saturated heterocycles. The zero-order valence-corrected chi connectivity index (χ0v) is 80.1. The number of carboxylic acids is 2. The molecule has 0 aliphatic heterocycles. The second kappa shape index (κ2) is 62.5. The molecule has 3 aromatic heterocycles. The molecule has 5 aromatic rings. The largest absolute Gasteiger partial charge is 0.481 e. The summed E-state index contributed by atoms with van der Waals surface area (Å²) in [4.78, 5) is 229. The molecule has 0 bridgehead atoms. The number of aliphatic hydroxyl groups is 15. The number of hydrogen-bond donors (Lipinski definition) is 34. The molecule has 792 valence electrons. The topological polar surface area (TPSA) is 903 Å². The van der Waals surface area contributed by atoms with Gasteiger partial charge < -0.3 is 172 Å².